The minimum Gasteiger partial charge on any atom is -0.495 e. The van der Waals surface area contributed by atoms with Gasteiger partial charge in [-0.05, 0) is 37.3 Å². The molecule has 0 fully saturated rings. The molecule has 0 aliphatic rings. The number of hydrogen-bond donors (Lipinski definition) is 2. The van der Waals surface area contributed by atoms with Crippen LogP contribution in [-0.4, -0.2) is 25.0 Å². The zero-order chi connectivity index (χ0) is 16.8. The van der Waals surface area contributed by atoms with Gasteiger partial charge in [-0.2, -0.15) is 0 Å². The van der Waals surface area contributed by atoms with Crippen molar-refractivity contribution in [1.29, 1.82) is 0 Å². The number of ether oxygens (including phenoxy) is 2. The summed E-state index contributed by atoms with van der Waals surface area (Å²) in [5.41, 5.74) is 5.88. The lowest BCUT2D eigenvalue weighted by molar-refractivity contribution is -0.122. The van der Waals surface area contributed by atoms with E-state index in [0.717, 1.165) is 0 Å². The molecule has 0 aromatic heterocycles. The van der Waals surface area contributed by atoms with Gasteiger partial charge in [0.2, 0.25) is 5.91 Å². The van der Waals surface area contributed by atoms with Crippen LogP contribution < -0.4 is 20.5 Å². The highest BCUT2D eigenvalue weighted by Gasteiger charge is 2.17. The molecule has 2 rings (SSSR count). The van der Waals surface area contributed by atoms with Crippen molar-refractivity contribution >= 4 is 17.5 Å². The van der Waals surface area contributed by atoms with Crippen LogP contribution in [0.25, 0.3) is 0 Å². The van der Waals surface area contributed by atoms with Crippen molar-refractivity contribution < 1.29 is 19.1 Å². The number of nitrogens with two attached hydrogens (primary N) is 1. The van der Waals surface area contributed by atoms with Crippen LogP contribution in [0, 0.1) is 0 Å². The fourth-order valence-electron chi connectivity index (χ4n) is 1.95. The van der Waals surface area contributed by atoms with Crippen molar-refractivity contribution in [3.05, 3.63) is 54.1 Å². The minimum absolute atomic E-state index is 0.276. The molecule has 2 aromatic rings. The first-order chi connectivity index (χ1) is 11.0. The molecule has 0 aliphatic carbocycles. The van der Waals surface area contributed by atoms with E-state index in [1.807, 2.05) is 18.2 Å². The van der Waals surface area contributed by atoms with E-state index in [1.54, 1.807) is 25.1 Å². The Morgan fingerprint density at radius 3 is 2.43 bits per heavy atom. The van der Waals surface area contributed by atoms with Gasteiger partial charge in [-0.15, -0.1) is 0 Å². The van der Waals surface area contributed by atoms with Crippen LogP contribution >= 0.6 is 0 Å². The Kier molecular flexibility index (Phi) is 5.19. The molecule has 6 heteroatoms. The number of hydrogen-bond acceptors (Lipinski definition) is 4. The fourth-order valence-corrected chi connectivity index (χ4v) is 1.95. The van der Waals surface area contributed by atoms with E-state index in [1.165, 1.54) is 19.2 Å². The number of rotatable bonds is 6. The van der Waals surface area contributed by atoms with Gasteiger partial charge < -0.3 is 20.5 Å². The number of methoxy groups -OCH3 is 1. The Labute approximate surface area is 134 Å². The summed E-state index contributed by atoms with van der Waals surface area (Å²) in [5.74, 6) is 0.0637. The topological polar surface area (TPSA) is 90.6 Å². The van der Waals surface area contributed by atoms with Crippen molar-refractivity contribution in [2.75, 3.05) is 12.4 Å². The molecule has 0 bridgehead atoms. The van der Waals surface area contributed by atoms with Gasteiger partial charge in [0.05, 0.1) is 12.8 Å². The number of anilines is 1. The maximum atomic E-state index is 12.3. The number of benzene rings is 2. The van der Waals surface area contributed by atoms with E-state index in [0.29, 0.717) is 17.2 Å². The standard InChI is InChI=1S/C17H18N2O4/c1-11(23-13-6-4-3-5-7-13)17(21)19-14-10-12(16(18)20)8-9-15(14)22-2/h3-11H,1-2H3,(H2,18,20)(H,19,21)/t11-/m1/s1. The van der Waals surface area contributed by atoms with Gasteiger partial charge in [0, 0.05) is 5.56 Å². The Balaban J connectivity index is 2.12. The van der Waals surface area contributed by atoms with Gasteiger partial charge in [-0.3, -0.25) is 9.59 Å². The van der Waals surface area contributed by atoms with Crippen molar-refractivity contribution in [3.8, 4) is 11.5 Å². The van der Waals surface area contributed by atoms with Crippen LogP contribution in [0.4, 0.5) is 5.69 Å². The first kappa shape index (κ1) is 16.4. The van der Waals surface area contributed by atoms with Crippen LogP contribution in [0.5, 0.6) is 11.5 Å². The van der Waals surface area contributed by atoms with Gasteiger partial charge >= 0.3 is 0 Å². The molecule has 0 radical (unpaired) electrons. The fraction of sp³-hybridized carbons (Fsp3) is 0.176. The third-order valence-corrected chi connectivity index (χ3v) is 3.17. The van der Waals surface area contributed by atoms with E-state index in [-0.39, 0.29) is 11.5 Å². The summed E-state index contributed by atoms with van der Waals surface area (Å²) in [5, 5.41) is 2.68. The minimum atomic E-state index is -0.723. The number of carbonyl (C=O) groups excluding carboxylic acids is 2. The number of amides is 2. The number of nitrogens with one attached hydrogen (secondary N) is 1. The highest BCUT2D eigenvalue weighted by Crippen LogP contribution is 2.25. The smallest absolute Gasteiger partial charge is 0.265 e. The third kappa shape index (κ3) is 4.23. The van der Waals surface area contributed by atoms with Crippen LogP contribution in [0.1, 0.15) is 17.3 Å². The van der Waals surface area contributed by atoms with Crippen molar-refractivity contribution in [1.82, 2.24) is 0 Å². The van der Waals surface area contributed by atoms with E-state index in [4.69, 9.17) is 15.2 Å². The molecule has 0 saturated heterocycles. The van der Waals surface area contributed by atoms with Crippen molar-refractivity contribution in [2.45, 2.75) is 13.0 Å². The molecule has 1 atom stereocenters. The molecule has 0 heterocycles. The predicted octanol–water partition coefficient (Wildman–Crippen LogP) is 2.20. The molecule has 3 N–H and O–H groups in total. The number of para-hydroxylation sites is 1. The molecule has 6 nitrogen and oxygen atoms in total. The third-order valence-electron chi connectivity index (χ3n) is 3.17. The van der Waals surface area contributed by atoms with E-state index >= 15 is 0 Å². The maximum Gasteiger partial charge on any atom is 0.265 e. The molecular formula is C17H18N2O4. The first-order valence-corrected chi connectivity index (χ1v) is 7.01. The Morgan fingerprint density at radius 1 is 1.13 bits per heavy atom. The largest absolute Gasteiger partial charge is 0.495 e. The van der Waals surface area contributed by atoms with Gasteiger partial charge in [0.1, 0.15) is 11.5 Å². The van der Waals surface area contributed by atoms with Gasteiger partial charge in [0.15, 0.2) is 6.10 Å². The molecule has 0 saturated carbocycles. The average Bonchev–Trinajstić information content (AvgIpc) is 2.55. The molecule has 0 spiro atoms. The van der Waals surface area contributed by atoms with Crippen molar-refractivity contribution in [3.63, 3.8) is 0 Å². The lowest BCUT2D eigenvalue weighted by Gasteiger charge is -2.16. The number of primary amides is 1. The van der Waals surface area contributed by atoms with Gasteiger partial charge in [-0.25, -0.2) is 0 Å². The summed E-state index contributed by atoms with van der Waals surface area (Å²) < 4.78 is 10.7. The molecule has 2 aromatic carbocycles. The first-order valence-electron chi connectivity index (χ1n) is 7.01. The highest BCUT2D eigenvalue weighted by molar-refractivity contribution is 5.99. The van der Waals surface area contributed by atoms with Crippen LogP contribution in [0.3, 0.4) is 0 Å². The van der Waals surface area contributed by atoms with Gasteiger partial charge in [-0.1, -0.05) is 18.2 Å². The Bertz CT molecular complexity index is 701. The SMILES string of the molecule is COc1ccc(C(N)=O)cc1NC(=O)[C@@H](C)Oc1ccccc1. The Morgan fingerprint density at radius 2 is 1.83 bits per heavy atom. The molecule has 0 aliphatic heterocycles. The summed E-state index contributed by atoms with van der Waals surface area (Å²) in [7, 11) is 1.47. The zero-order valence-corrected chi connectivity index (χ0v) is 12.9. The second-order valence-electron chi connectivity index (χ2n) is 4.84. The second-order valence-corrected chi connectivity index (χ2v) is 4.84. The quantitative estimate of drug-likeness (QED) is 0.855. The lowest BCUT2D eigenvalue weighted by Crippen LogP contribution is -2.30. The van der Waals surface area contributed by atoms with Crippen LogP contribution in [0.15, 0.2) is 48.5 Å². The summed E-state index contributed by atoms with van der Waals surface area (Å²) in [6.45, 7) is 1.63. The van der Waals surface area contributed by atoms with Crippen LogP contribution in [-0.2, 0) is 4.79 Å². The van der Waals surface area contributed by atoms with E-state index in [2.05, 4.69) is 5.32 Å². The average molecular weight is 314 g/mol. The molecule has 2 amide bonds. The summed E-state index contributed by atoms with van der Waals surface area (Å²) in [4.78, 5) is 23.5. The molecule has 120 valence electrons. The summed E-state index contributed by atoms with van der Waals surface area (Å²) in [6.07, 6.45) is -0.723. The maximum absolute atomic E-state index is 12.3. The van der Waals surface area contributed by atoms with Crippen LogP contribution in [0.2, 0.25) is 0 Å². The summed E-state index contributed by atoms with van der Waals surface area (Å²) in [6, 6.07) is 13.6. The molecular weight excluding hydrogens is 296 g/mol. The van der Waals surface area contributed by atoms with E-state index in [9.17, 15) is 9.59 Å². The van der Waals surface area contributed by atoms with Gasteiger partial charge in [0.25, 0.3) is 5.91 Å². The zero-order valence-electron chi connectivity index (χ0n) is 12.9. The van der Waals surface area contributed by atoms with Crippen molar-refractivity contribution in [2.24, 2.45) is 5.73 Å². The highest BCUT2D eigenvalue weighted by atomic mass is 16.5. The molecule has 0 unspecified atom stereocenters. The number of carbonyl (C=O) groups is 2. The van der Waals surface area contributed by atoms with E-state index < -0.39 is 12.0 Å². The monoisotopic (exact) mass is 314 g/mol. The summed E-state index contributed by atoms with van der Waals surface area (Å²) >= 11 is 0. The Hall–Kier alpha value is -3.02. The molecule has 23 heavy (non-hydrogen) atoms. The normalized spacial score (nSPS) is 11.4. The second kappa shape index (κ2) is 7.31. The predicted molar refractivity (Wildman–Crippen MR) is 86.7 cm³/mol. The lowest BCUT2D eigenvalue weighted by atomic mass is 10.1.